The van der Waals surface area contributed by atoms with E-state index in [2.05, 4.69) is 31.8 Å². The van der Waals surface area contributed by atoms with E-state index in [0.717, 1.165) is 62.7 Å². The first kappa shape index (κ1) is 24.3. The molecule has 0 amide bonds. The van der Waals surface area contributed by atoms with Crippen LogP contribution in [0, 0.1) is 0 Å². The number of nitrogens with zero attached hydrogens (tertiary/aromatic N) is 4. The van der Waals surface area contributed by atoms with Gasteiger partial charge in [-0.3, -0.25) is 9.80 Å². The molecular weight excluding hydrogens is 491 g/mol. The third-order valence-electron chi connectivity index (χ3n) is 7.78. The summed E-state index contributed by atoms with van der Waals surface area (Å²) in [7, 11) is -3.02. The van der Waals surface area contributed by atoms with Gasteiger partial charge in [0.25, 0.3) is 0 Å². The van der Waals surface area contributed by atoms with E-state index >= 15 is 0 Å². The van der Waals surface area contributed by atoms with E-state index in [9.17, 15) is 8.42 Å². The molecule has 0 aliphatic carbocycles. The van der Waals surface area contributed by atoms with Gasteiger partial charge in [0.15, 0.2) is 9.84 Å². The lowest BCUT2D eigenvalue weighted by Gasteiger charge is -2.49. The van der Waals surface area contributed by atoms with Crippen molar-refractivity contribution in [1.82, 2.24) is 14.8 Å². The molecule has 2 aromatic rings. The number of benzene rings is 1. The molecule has 0 unspecified atom stereocenters. The molecule has 5 rings (SSSR count). The van der Waals surface area contributed by atoms with Crippen LogP contribution in [0.15, 0.2) is 42.6 Å². The van der Waals surface area contributed by atoms with Crippen molar-refractivity contribution in [3.8, 4) is 0 Å². The molecule has 3 aliphatic heterocycles. The third-order valence-corrected chi connectivity index (χ3v) is 9.82. The summed E-state index contributed by atoms with van der Waals surface area (Å²) in [6.45, 7) is 4.40. The number of hydrogen-bond donors (Lipinski definition) is 0. The highest BCUT2D eigenvalue weighted by Crippen LogP contribution is 2.33. The Balaban J connectivity index is 1.32. The van der Waals surface area contributed by atoms with Gasteiger partial charge in [0, 0.05) is 73.3 Å². The summed E-state index contributed by atoms with van der Waals surface area (Å²) in [5.74, 6) is 0.945. The first-order valence-corrected chi connectivity index (χ1v) is 14.8. The fourth-order valence-electron chi connectivity index (χ4n) is 5.94. The van der Waals surface area contributed by atoms with Crippen LogP contribution in [0.1, 0.15) is 24.8 Å². The molecule has 9 heteroatoms. The smallest absolute Gasteiger partial charge is 0.151 e. The van der Waals surface area contributed by atoms with Crippen LogP contribution < -0.4 is 4.90 Å². The van der Waals surface area contributed by atoms with Crippen molar-refractivity contribution in [3.63, 3.8) is 0 Å². The molecule has 0 saturated carbocycles. The summed E-state index contributed by atoms with van der Waals surface area (Å²) in [5, 5.41) is 1.22. The van der Waals surface area contributed by atoms with E-state index in [1.54, 1.807) is 6.20 Å². The summed E-state index contributed by atoms with van der Waals surface area (Å²) in [6.07, 6.45) is 6.97. The standard InChI is InChI=1S/C25H32Cl2N4O2S/c1-34(32,33)24-14-22-16-31(21-7-10-29(11-8-21)25-13-20(27)6-9-28-25)23(15-30(22)17-24)12-18-2-4-19(26)5-3-18/h2-6,9,13,21-24H,7-8,10-12,14-17H2,1H3/t22-,23-,24-/m0/s1. The quantitative estimate of drug-likeness (QED) is 0.595. The Kier molecular flexibility index (Phi) is 7.11. The van der Waals surface area contributed by atoms with Crippen LogP contribution in [0.5, 0.6) is 0 Å². The molecule has 34 heavy (non-hydrogen) atoms. The first-order chi connectivity index (χ1) is 16.3. The van der Waals surface area contributed by atoms with Crippen molar-refractivity contribution in [3.05, 3.63) is 58.2 Å². The molecule has 0 N–H and O–H groups in total. The molecule has 6 nitrogen and oxygen atoms in total. The number of fused-ring (bicyclic) bond motifs is 1. The van der Waals surface area contributed by atoms with Crippen LogP contribution in [-0.4, -0.2) is 85.6 Å². The van der Waals surface area contributed by atoms with Crippen molar-refractivity contribution in [1.29, 1.82) is 0 Å². The Bertz CT molecular complexity index is 1110. The van der Waals surface area contributed by atoms with Gasteiger partial charge in [-0.25, -0.2) is 13.4 Å². The average molecular weight is 524 g/mol. The number of pyridine rings is 1. The fourth-order valence-corrected chi connectivity index (χ4v) is 7.26. The predicted molar refractivity (Wildman–Crippen MR) is 139 cm³/mol. The largest absolute Gasteiger partial charge is 0.356 e. The van der Waals surface area contributed by atoms with Crippen molar-refractivity contribution in [2.75, 3.05) is 43.9 Å². The monoisotopic (exact) mass is 522 g/mol. The maximum absolute atomic E-state index is 12.3. The Hall–Kier alpha value is -1.38. The van der Waals surface area contributed by atoms with Crippen LogP contribution in [0.4, 0.5) is 5.82 Å². The van der Waals surface area contributed by atoms with E-state index in [1.807, 2.05) is 24.3 Å². The SMILES string of the molecule is CS(=O)(=O)[C@H]1C[C@H]2CN(C3CCN(c4cc(Cl)ccn4)CC3)[C@@H](Cc3ccc(Cl)cc3)CN2C1. The van der Waals surface area contributed by atoms with Crippen molar-refractivity contribution >= 4 is 38.9 Å². The number of aromatic nitrogens is 1. The Morgan fingerprint density at radius 1 is 0.971 bits per heavy atom. The predicted octanol–water partition coefficient (Wildman–Crippen LogP) is 3.77. The number of rotatable bonds is 5. The number of anilines is 1. The third kappa shape index (κ3) is 5.39. The van der Waals surface area contributed by atoms with Gasteiger partial charge in [-0.15, -0.1) is 0 Å². The van der Waals surface area contributed by atoms with Gasteiger partial charge in [-0.1, -0.05) is 35.3 Å². The summed E-state index contributed by atoms with van der Waals surface area (Å²) < 4.78 is 24.6. The molecule has 184 valence electrons. The topological polar surface area (TPSA) is 56.8 Å². The molecule has 4 heterocycles. The van der Waals surface area contributed by atoms with E-state index in [4.69, 9.17) is 23.2 Å². The van der Waals surface area contributed by atoms with E-state index < -0.39 is 9.84 Å². The average Bonchev–Trinajstić information content (AvgIpc) is 3.24. The number of halogens is 2. The summed E-state index contributed by atoms with van der Waals surface area (Å²) in [6, 6.07) is 13.0. The number of hydrogen-bond acceptors (Lipinski definition) is 6. The number of piperazine rings is 1. The van der Waals surface area contributed by atoms with Crippen LogP contribution in [0.2, 0.25) is 10.0 Å². The fraction of sp³-hybridized carbons (Fsp3) is 0.560. The lowest BCUT2D eigenvalue weighted by atomic mass is 9.94. The van der Waals surface area contributed by atoms with E-state index in [0.29, 0.717) is 29.7 Å². The minimum absolute atomic E-state index is 0.246. The maximum atomic E-state index is 12.3. The zero-order chi connectivity index (χ0) is 23.9. The number of piperidine rings is 1. The summed E-state index contributed by atoms with van der Waals surface area (Å²) >= 11 is 12.3. The minimum atomic E-state index is -3.02. The van der Waals surface area contributed by atoms with Gasteiger partial charge < -0.3 is 4.90 Å². The molecule has 1 aromatic carbocycles. The Morgan fingerprint density at radius 3 is 2.38 bits per heavy atom. The zero-order valence-corrected chi connectivity index (χ0v) is 21.8. The van der Waals surface area contributed by atoms with Crippen LogP contribution in [0.3, 0.4) is 0 Å². The van der Waals surface area contributed by atoms with Crippen LogP contribution >= 0.6 is 23.2 Å². The zero-order valence-electron chi connectivity index (χ0n) is 19.5. The van der Waals surface area contributed by atoms with Crippen molar-refractivity contribution < 1.29 is 8.42 Å². The Labute approximate surface area is 212 Å². The summed E-state index contributed by atoms with van der Waals surface area (Å²) in [5.41, 5.74) is 1.28. The first-order valence-electron chi connectivity index (χ1n) is 12.1. The van der Waals surface area contributed by atoms with Crippen molar-refractivity contribution in [2.45, 2.75) is 49.1 Å². The molecular formula is C25H32Cl2N4O2S. The van der Waals surface area contributed by atoms with Crippen LogP contribution in [0.25, 0.3) is 0 Å². The van der Waals surface area contributed by atoms with E-state index in [-0.39, 0.29) is 5.25 Å². The lowest BCUT2D eigenvalue weighted by Crippen LogP contribution is -2.61. The molecule has 3 aliphatic rings. The molecule has 3 atom stereocenters. The van der Waals surface area contributed by atoms with Gasteiger partial charge in [-0.05, 0) is 55.5 Å². The Morgan fingerprint density at radius 2 is 1.71 bits per heavy atom. The van der Waals surface area contributed by atoms with E-state index in [1.165, 1.54) is 11.8 Å². The highest BCUT2D eigenvalue weighted by atomic mass is 35.5. The molecule has 3 saturated heterocycles. The highest BCUT2D eigenvalue weighted by Gasteiger charge is 2.45. The molecule has 0 radical (unpaired) electrons. The second kappa shape index (κ2) is 9.94. The van der Waals surface area contributed by atoms with Gasteiger partial charge in [0.1, 0.15) is 5.82 Å². The molecule has 0 bridgehead atoms. The number of sulfone groups is 1. The van der Waals surface area contributed by atoms with Crippen LogP contribution in [-0.2, 0) is 16.3 Å². The lowest BCUT2D eigenvalue weighted by molar-refractivity contribution is 0.0127. The van der Waals surface area contributed by atoms with Gasteiger partial charge in [0.05, 0.1) is 5.25 Å². The molecule has 3 fully saturated rings. The van der Waals surface area contributed by atoms with Gasteiger partial charge in [0.2, 0.25) is 0 Å². The van der Waals surface area contributed by atoms with Gasteiger partial charge >= 0.3 is 0 Å². The van der Waals surface area contributed by atoms with Crippen molar-refractivity contribution in [2.24, 2.45) is 0 Å². The normalized spacial score (nSPS) is 27.1. The highest BCUT2D eigenvalue weighted by molar-refractivity contribution is 7.91. The molecule has 0 spiro atoms. The maximum Gasteiger partial charge on any atom is 0.151 e. The van der Waals surface area contributed by atoms with Gasteiger partial charge in [-0.2, -0.15) is 0 Å². The minimum Gasteiger partial charge on any atom is -0.356 e. The second-order valence-corrected chi connectivity index (χ2v) is 13.2. The summed E-state index contributed by atoms with van der Waals surface area (Å²) in [4.78, 5) is 11.9. The molecule has 1 aromatic heterocycles. The second-order valence-electron chi connectivity index (χ2n) is 10.0.